The summed E-state index contributed by atoms with van der Waals surface area (Å²) in [7, 11) is 0. The highest BCUT2D eigenvalue weighted by Crippen LogP contribution is 2.19. The van der Waals surface area contributed by atoms with Crippen molar-refractivity contribution in [1.29, 1.82) is 0 Å². The predicted octanol–water partition coefficient (Wildman–Crippen LogP) is -2.46. The number of nitrogens with two attached hydrogens (primary N) is 1. The molecule has 1 rings (SSSR count). The molecule has 1 heterocycles. The van der Waals surface area contributed by atoms with Crippen LogP contribution in [0.25, 0.3) is 0 Å². The second kappa shape index (κ2) is 5.32. The molecule has 0 aromatic heterocycles. The molecule has 8 nitrogen and oxygen atoms in total. The lowest BCUT2D eigenvalue weighted by Crippen LogP contribution is -2.65. The fourth-order valence-electron chi connectivity index (χ4n) is 1.47. The standard InChI is InChI=1S/C10H17N3O5/c1-5(8(15)16)13-7(14)6(11)2-3-10(18)4-12-9(10)17/h5-6,18H,2-4,11H2,1H3,(H,12,17)(H,13,14)(H,15,16). The Bertz CT molecular complexity index is 373. The van der Waals surface area contributed by atoms with E-state index in [0.29, 0.717) is 0 Å². The molecule has 18 heavy (non-hydrogen) atoms. The number of carboxylic acid groups (broad SMARTS) is 1. The normalized spacial score (nSPS) is 25.6. The largest absolute Gasteiger partial charge is 0.480 e. The number of aliphatic hydroxyl groups is 1. The van der Waals surface area contributed by atoms with E-state index in [1.165, 1.54) is 6.92 Å². The number of β-amino-alcohol motifs (C(OH)–C–C–N with tert-alkyl or cyclic N) is 1. The molecule has 0 aromatic rings. The Balaban J connectivity index is 2.36. The maximum atomic E-state index is 11.5. The number of nitrogens with one attached hydrogen (secondary N) is 2. The van der Waals surface area contributed by atoms with Crippen molar-refractivity contribution in [2.75, 3.05) is 6.54 Å². The van der Waals surface area contributed by atoms with Gasteiger partial charge in [0.1, 0.15) is 6.04 Å². The number of amides is 2. The zero-order valence-corrected chi connectivity index (χ0v) is 9.97. The molecule has 2 amide bonds. The van der Waals surface area contributed by atoms with Gasteiger partial charge in [-0.1, -0.05) is 0 Å². The first-order valence-electron chi connectivity index (χ1n) is 5.56. The number of rotatable bonds is 6. The third-order valence-corrected chi connectivity index (χ3v) is 2.90. The minimum absolute atomic E-state index is 0.0644. The third-order valence-electron chi connectivity index (χ3n) is 2.90. The van der Waals surface area contributed by atoms with Crippen molar-refractivity contribution < 1.29 is 24.6 Å². The number of carboxylic acids is 1. The van der Waals surface area contributed by atoms with E-state index in [1.54, 1.807) is 0 Å². The van der Waals surface area contributed by atoms with Gasteiger partial charge in [-0.25, -0.2) is 0 Å². The summed E-state index contributed by atoms with van der Waals surface area (Å²) >= 11 is 0. The average molecular weight is 259 g/mol. The van der Waals surface area contributed by atoms with Crippen molar-refractivity contribution in [3.05, 3.63) is 0 Å². The first kappa shape index (κ1) is 14.4. The van der Waals surface area contributed by atoms with Gasteiger partial charge in [0.15, 0.2) is 5.60 Å². The molecule has 3 atom stereocenters. The molecule has 1 aliphatic heterocycles. The van der Waals surface area contributed by atoms with Crippen LogP contribution in [0.3, 0.4) is 0 Å². The first-order valence-corrected chi connectivity index (χ1v) is 5.56. The van der Waals surface area contributed by atoms with Gasteiger partial charge in [0.25, 0.3) is 5.91 Å². The van der Waals surface area contributed by atoms with Gasteiger partial charge in [-0.05, 0) is 19.8 Å². The summed E-state index contributed by atoms with van der Waals surface area (Å²) in [4.78, 5) is 33.0. The quantitative estimate of drug-likeness (QED) is 0.335. The van der Waals surface area contributed by atoms with E-state index in [9.17, 15) is 19.5 Å². The van der Waals surface area contributed by atoms with Gasteiger partial charge in [-0.2, -0.15) is 0 Å². The molecule has 0 radical (unpaired) electrons. The number of aliphatic carboxylic acids is 1. The van der Waals surface area contributed by atoms with E-state index in [1.807, 2.05) is 0 Å². The van der Waals surface area contributed by atoms with E-state index in [2.05, 4.69) is 10.6 Å². The fraction of sp³-hybridized carbons (Fsp3) is 0.700. The summed E-state index contributed by atoms with van der Waals surface area (Å²) < 4.78 is 0. The van der Waals surface area contributed by atoms with Crippen LogP contribution in [-0.4, -0.2) is 52.2 Å². The fourth-order valence-corrected chi connectivity index (χ4v) is 1.47. The number of hydrogen-bond donors (Lipinski definition) is 5. The average Bonchev–Trinajstić information content (AvgIpc) is 2.33. The van der Waals surface area contributed by atoms with E-state index < -0.39 is 35.5 Å². The maximum Gasteiger partial charge on any atom is 0.325 e. The monoisotopic (exact) mass is 259 g/mol. The van der Waals surface area contributed by atoms with E-state index in [0.717, 1.165) is 0 Å². The molecule has 1 saturated heterocycles. The van der Waals surface area contributed by atoms with E-state index in [4.69, 9.17) is 10.8 Å². The molecule has 0 bridgehead atoms. The maximum absolute atomic E-state index is 11.5. The molecular formula is C10H17N3O5. The summed E-state index contributed by atoms with van der Waals surface area (Å²) in [6.45, 7) is 1.46. The summed E-state index contributed by atoms with van der Waals surface area (Å²) in [5, 5.41) is 22.9. The van der Waals surface area contributed by atoms with Crippen molar-refractivity contribution in [2.45, 2.75) is 37.5 Å². The topological polar surface area (TPSA) is 142 Å². The Morgan fingerprint density at radius 3 is 2.61 bits per heavy atom. The lowest BCUT2D eigenvalue weighted by molar-refractivity contribution is -0.153. The molecule has 3 unspecified atom stereocenters. The highest BCUT2D eigenvalue weighted by atomic mass is 16.4. The molecule has 0 saturated carbocycles. The van der Waals surface area contributed by atoms with Crippen LogP contribution in [0.1, 0.15) is 19.8 Å². The van der Waals surface area contributed by atoms with Gasteiger partial charge >= 0.3 is 5.97 Å². The Morgan fingerprint density at radius 2 is 2.22 bits per heavy atom. The van der Waals surface area contributed by atoms with Gasteiger partial charge in [-0.15, -0.1) is 0 Å². The molecule has 1 aliphatic rings. The molecular weight excluding hydrogens is 242 g/mol. The minimum atomic E-state index is -1.45. The van der Waals surface area contributed by atoms with Gasteiger partial charge < -0.3 is 26.6 Å². The van der Waals surface area contributed by atoms with Gasteiger partial charge in [0.05, 0.1) is 12.6 Å². The van der Waals surface area contributed by atoms with Crippen LogP contribution in [-0.2, 0) is 14.4 Å². The molecule has 0 aliphatic carbocycles. The SMILES string of the molecule is CC(NC(=O)C(N)CCC1(O)CNC1=O)C(=O)O. The number of carbonyl (C=O) groups is 3. The van der Waals surface area contributed by atoms with Crippen LogP contribution in [0.2, 0.25) is 0 Å². The van der Waals surface area contributed by atoms with Crippen molar-refractivity contribution >= 4 is 17.8 Å². The lowest BCUT2D eigenvalue weighted by atomic mass is 9.88. The zero-order valence-electron chi connectivity index (χ0n) is 9.97. The Labute approximate surface area is 104 Å². The van der Waals surface area contributed by atoms with E-state index >= 15 is 0 Å². The van der Waals surface area contributed by atoms with Gasteiger partial charge in [0, 0.05) is 0 Å². The van der Waals surface area contributed by atoms with Crippen LogP contribution in [0, 0.1) is 0 Å². The van der Waals surface area contributed by atoms with Crippen molar-refractivity contribution in [3.63, 3.8) is 0 Å². The molecule has 8 heteroatoms. The Morgan fingerprint density at radius 1 is 1.61 bits per heavy atom. The highest BCUT2D eigenvalue weighted by Gasteiger charge is 2.44. The van der Waals surface area contributed by atoms with E-state index in [-0.39, 0.29) is 19.4 Å². The second-order valence-electron chi connectivity index (χ2n) is 4.43. The minimum Gasteiger partial charge on any atom is -0.480 e. The van der Waals surface area contributed by atoms with Gasteiger partial charge in [0.2, 0.25) is 5.91 Å². The molecule has 0 aromatic carbocycles. The Kier molecular flexibility index (Phi) is 4.25. The van der Waals surface area contributed by atoms with Crippen LogP contribution in [0.15, 0.2) is 0 Å². The summed E-state index contributed by atoms with van der Waals surface area (Å²) in [6, 6.07) is -1.98. The van der Waals surface area contributed by atoms with Crippen LogP contribution in [0.4, 0.5) is 0 Å². The predicted molar refractivity (Wildman–Crippen MR) is 60.4 cm³/mol. The molecule has 6 N–H and O–H groups in total. The number of hydrogen-bond acceptors (Lipinski definition) is 5. The summed E-state index contributed by atoms with van der Waals surface area (Å²) in [5.41, 5.74) is 4.10. The third kappa shape index (κ3) is 3.17. The van der Waals surface area contributed by atoms with Crippen molar-refractivity contribution in [3.8, 4) is 0 Å². The molecule has 102 valence electrons. The summed E-state index contributed by atoms with van der Waals surface area (Å²) in [5.74, 6) is -2.25. The van der Waals surface area contributed by atoms with Crippen molar-refractivity contribution in [2.24, 2.45) is 5.73 Å². The second-order valence-corrected chi connectivity index (χ2v) is 4.43. The highest BCUT2D eigenvalue weighted by molar-refractivity contribution is 5.91. The Hall–Kier alpha value is -1.67. The van der Waals surface area contributed by atoms with Crippen LogP contribution < -0.4 is 16.4 Å². The smallest absolute Gasteiger partial charge is 0.325 e. The summed E-state index contributed by atoms with van der Waals surface area (Å²) in [6.07, 6.45) is 0.164. The van der Waals surface area contributed by atoms with Gasteiger partial charge in [-0.3, -0.25) is 14.4 Å². The number of carbonyl (C=O) groups excluding carboxylic acids is 2. The van der Waals surface area contributed by atoms with Crippen LogP contribution in [0.5, 0.6) is 0 Å². The van der Waals surface area contributed by atoms with Crippen molar-refractivity contribution in [1.82, 2.24) is 10.6 Å². The first-order chi connectivity index (χ1) is 8.26. The zero-order chi connectivity index (χ0) is 13.9. The molecule has 1 fully saturated rings. The van der Waals surface area contributed by atoms with Crippen LogP contribution >= 0.6 is 0 Å². The molecule has 0 spiro atoms. The lowest BCUT2D eigenvalue weighted by Gasteiger charge is -2.36. The number of β-lactam (4-membered cyclic amide) rings is 1.